The summed E-state index contributed by atoms with van der Waals surface area (Å²) >= 11 is 0.664. The number of nitrogens with zero attached hydrogens (tertiary/aromatic N) is 1. The molecular formula is C22H21F2NO7S. The van der Waals surface area contributed by atoms with E-state index >= 15 is 4.39 Å². The minimum Gasteiger partial charge on any atom is -0.458 e. The van der Waals surface area contributed by atoms with E-state index in [9.17, 15) is 23.9 Å². The number of carbonyl (C=O) groups excluding carboxylic acids is 3. The molecule has 2 heterocycles. The van der Waals surface area contributed by atoms with Crippen LogP contribution in [0.5, 0.6) is 0 Å². The SMILES string of the molecule is CC(=O)O[C@@H]1[C@@H](OC(C)=O)[C@@](O)(c2cc(-c3cccnc3)cc(F)c2F)SC[C@H]1OC(C)=O. The molecule has 0 bridgehead atoms. The Morgan fingerprint density at radius 2 is 1.73 bits per heavy atom. The van der Waals surface area contributed by atoms with Crippen LogP contribution in [0.25, 0.3) is 11.1 Å². The van der Waals surface area contributed by atoms with Gasteiger partial charge in [0, 0.05) is 50.0 Å². The quantitative estimate of drug-likeness (QED) is 0.509. The highest BCUT2D eigenvalue weighted by Gasteiger charge is 2.57. The Morgan fingerprint density at radius 3 is 2.30 bits per heavy atom. The summed E-state index contributed by atoms with van der Waals surface area (Å²) in [6.07, 6.45) is -1.39. The summed E-state index contributed by atoms with van der Waals surface area (Å²) in [6.45, 7) is 3.23. The number of benzene rings is 1. The summed E-state index contributed by atoms with van der Waals surface area (Å²) in [5.74, 6) is -5.21. The van der Waals surface area contributed by atoms with Gasteiger partial charge in [-0.3, -0.25) is 19.4 Å². The van der Waals surface area contributed by atoms with Crippen molar-refractivity contribution in [2.45, 2.75) is 44.0 Å². The molecule has 0 saturated carbocycles. The van der Waals surface area contributed by atoms with Crippen LogP contribution in [-0.4, -0.2) is 52.1 Å². The number of aromatic nitrogens is 1. The van der Waals surface area contributed by atoms with E-state index in [0.717, 1.165) is 26.8 Å². The molecular weight excluding hydrogens is 460 g/mol. The predicted molar refractivity (Wildman–Crippen MR) is 113 cm³/mol. The lowest BCUT2D eigenvalue weighted by molar-refractivity contribution is -0.198. The lowest BCUT2D eigenvalue weighted by atomic mass is 9.92. The van der Waals surface area contributed by atoms with Crippen molar-refractivity contribution in [3.63, 3.8) is 0 Å². The van der Waals surface area contributed by atoms with Gasteiger partial charge in [-0.25, -0.2) is 8.78 Å². The van der Waals surface area contributed by atoms with E-state index in [-0.39, 0.29) is 11.3 Å². The van der Waals surface area contributed by atoms with Gasteiger partial charge < -0.3 is 19.3 Å². The molecule has 1 aromatic heterocycles. The van der Waals surface area contributed by atoms with E-state index in [4.69, 9.17) is 14.2 Å². The van der Waals surface area contributed by atoms with E-state index in [1.54, 1.807) is 12.1 Å². The van der Waals surface area contributed by atoms with Crippen molar-refractivity contribution in [3.8, 4) is 11.1 Å². The first-order valence-electron chi connectivity index (χ1n) is 9.80. The first-order chi connectivity index (χ1) is 15.5. The van der Waals surface area contributed by atoms with Gasteiger partial charge in [-0.15, -0.1) is 11.8 Å². The zero-order valence-corrected chi connectivity index (χ0v) is 18.7. The molecule has 8 nitrogen and oxygen atoms in total. The molecule has 4 atom stereocenters. The second-order valence-corrected chi connectivity index (χ2v) is 8.57. The number of thioether (sulfide) groups is 1. The fourth-order valence-electron chi connectivity index (χ4n) is 3.55. The smallest absolute Gasteiger partial charge is 0.303 e. The van der Waals surface area contributed by atoms with Crippen LogP contribution >= 0.6 is 11.8 Å². The molecule has 1 aromatic carbocycles. The Hall–Kier alpha value is -3.05. The Balaban J connectivity index is 2.16. The second kappa shape index (κ2) is 9.84. The maximum atomic E-state index is 15.0. The molecule has 0 radical (unpaired) electrons. The van der Waals surface area contributed by atoms with Crippen LogP contribution < -0.4 is 0 Å². The molecule has 0 spiro atoms. The largest absolute Gasteiger partial charge is 0.458 e. The minimum atomic E-state index is -2.38. The summed E-state index contributed by atoms with van der Waals surface area (Å²) in [5, 5.41) is 11.6. The zero-order valence-electron chi connectivity index (χ0n) is 17.9. The number of pyridine rings is 1. The van der Waals surface area contributed by atoms with E-state index in [1.165, 1.54) is 18.5 Å². The summed E-state index contributed by atoms with van der Waals surface area (Å²) in [5.41, 5.74) is 0.121. The summed E-state index contributed by atoms with van der Waals surface area (Å²) in [4.78, 5) is 36.7. The zero-order chi connectivity index (χ0) is 24.3. The maximum Gasteiger partial charge on any atom is 0.303 e. The molecule has 2 aromatic rings. The summed E-state index contributed by atoms with van der Waals surface area (Å²) in [6, 6.07) is 5.36. The second-order valence-electron chi connectivity index (χ2n) is 7.32. The van der Waals surface area contributed by atoms with Crippen molar-refractivity contribution >= 4 is 29.7 Å². The van der Waals surface area contributed by atoms with Crippen molar-refractivity contribution < 1.29 is 42.5 Å². The molecule has 1 saturated heterocycles. The standard InChI is InChI=1S/C22H21F2NO7S/c1-11(26)30-18-10-33-22(29,21(32-13(3)28)20(18)31-12(2)27)16-7-15(8-17(23)19(16)24)14-5-4-6-25-9-14/h4-9,18,20-21,29H,10H2,1-3H3/t18-,20+,21-,22-/m1/s1. The minimum absolute atomic E-state index is 0.163. The van der Waals surface area contributed by atoms with Gasteiger partial charge in [-0.05, 0) is 23.8 Å². The number of ether oxygens (including phenoxy) is 3. The molecule has 1 N–H and O–H groups in total. The number of rotatable bonds is 5. The van der Waals surface area contributed by atoms with Crippen molar-refractivity contribution in [3.05, 3.63) is 53.9 Å². The van der Waals surface area contributed by atoms with Crippen molar-refractivity contribution in [2.24, 2.45) is 0 Å². The van der Waals surface area contributed by atoms with Gasteiger partial charge in [-0.1, -0.05) is 6.07 Å². The normalized spacial score (nSPS) is 24.6. The molecule has 1 fully saturated rings. The van der Waals surface area contributed by atoms with Gasteiger partial charge in [0.1, 0.15) is 0 Å². The lowest BCUT2D eigenvalue weighted by Crippen LogP contribution is -2.59. The number of esters is 3. The average molecular weight is 481 g/mol. The van der Waals surface area contributed by atoms with Gasteiger partial charge in [0.15, 0.2) is 34.9 Å². The molecule has 11 heteroatoms. The van der Waals surface area contributed by atoms with Crippen LogP contribution in [0.4, 0.5) is 8.78 Å². The van der Waals surface area contributed by atoms with Crippen LogP contribution in [0.2, 0.25) is 0 Å². The molecule has 3 rings (SSSR count). The van der Waals surface area contributed by atoms with Gasteiger partial charge in [0.2, 0.25) is 0 Å². The number of halogens is 2. The van der Waals surface area contributed by atoms with Crippen LogP contribution in [0.15, 0.2) is 36.7 Å². The van der Waals surface area contributed by atoms with Gasteiger partial charge in [0.25, 0.3) is 0 Å². The highest BCUT2D eigenvalue weighted by molar-refractivity contribution is 8.00. The van der Waals surface area contributed by atoms with Crippen LogP contribution in [0.1, 0.15) is 26.3 Å². The molecule has 0 amide bonds. The fraction of sp³-hybridized carbons (Fsp3) is 0.364. The Morgan fingerprint density at radius 1 is 1.06 bits per heavy atom. The summed E-state index contributed by atoms with van der Waals surface area (Å²) in [7, 11) is 0. The first kappa shape index (κ1) is 24.6. The van der Waals surface area contributed by atoms with E-state index in [0.29, 0.717) is 17.3 Å². The number of carbonyl (C=O) groups is 3. The predicted octanol–water partition coefficient (Wildman–Crippen LogP) is 2.71. The Bertz CT molecular complexity index is 1070. The van der Waals surface area contributed by atoms with Crippen molar-refractivity contribution in [1.29, 1.82) is 0 Å². The maximum absolute atomic E-state index is 15.0. The topological polar surface area (TPSA) is 112 Å². The van der Waals surface area contributed by atoms with E-state index < -0.39 is 58.4 Å². The highest BCUT2D eigenvalue weighted by Crippen LogP contribution is 2.48. The molecule has 1 aliphatic heterocycles. The third-order valence-electron chi connectivity index (χ3n) is 4.84. The van der Waals surface area contributed by atoms with Crippen molar-refractivity contribution in [2.75, 3.05) is 5.75 Å². The lowest BCUT2D eigenvalue weighted by Gasteiger charge is -2.45. The molecule has 0 unspecified atom stereocenters. The van der Waals surface area contributed by atoms with Gasteiger partial charge in [0.05, 0.1) is 0 Å². The van der Waals surface area contributed by atoms with Gasteiger partial charge in [-0.2, -0.15) is 0 Å². The molecule has 33 heavy (non-hydrogen) atoms. The highest BCUT2D eigenvalue weighted by atomic mass is 32.2. The number of aliphatic hydroxyl groups is 1. The van der Waals surface area contributed by atoms with Crippen molar-refractivity contribution in [1.82, 2.24) is 4.98 Å². The van der Waals surface area contributed by atoms with Crippen LogP contribution in [0, 0.1) is 11.6 Å². The third-order valence-corrected chi connectivity index (χ3v) is 6.23. The Kier molecular flexibility index (Phi) is 7.33. The third kappa shape index (κ3) is 5.31. The average Bonchev–Trinajstić information content (AvgIpc) is 2.74. The summed E-state index contributed by atoms with van der Waals surface area (Å²) < 4.78 is 45.3. The number of hydrogen-bond donors (Lipinski definition) is 1. The molecule has 1 aliphatic rings. The van der Waals surface area contributed by atoms with Crippen LogP contribution in [-0.2, 0) is 33.5 Å². The number of hydrogen-bond acceptors (Lipinski definition) is 9. The Labute approximate surface area is 192 Å². The molecule has 176 valence electrons. The fourth-order valence-corrected chi connectivity index (χ4v) is 4.88. The van der Waals surface area contributed by atoms with E-state index in [1.807, 2.05) is 0 Å². The van der Waals surface area contributed by atoms with Gasteiger partial charge >= 0.3 is 17.9 Å². The van der Waals surface area contributed by atoms with E-state index in [2.05, 4.69) is 4.98 Å². The van der Waals surface area contributed by atoms with Crippen LogP contribution in [0.3, 0.4) is 0 Å². The first-order valence-corrected chi connectivity index (χ1v) is 10.8. The monoisotopic (exact) mass is 481 g/mol. The molecule has 0 aliphatic carbocycles.